The average Bonchev–Trinajstić information content (AvgIpc) is 2.51. The summed E-state index contributed by atoms with van der Waals surface area (Å²) >= 11 is 5.16. The Morgan fingerprint density at radius 3 is 3.00 bits per heavy atom. The Morgan fingerprint density at radius 2 is 2.43 bits per heavy atom. The van der Waals surface area contributed by atoms with Crippen molar-refractivity contribution in [3.05, 3.63) is 46.8 Å². The zero-order valence-electron chi connectivity index (χ0n) is 7.90. The van der Waals surface area contributed by atoms with Crippen LogP contribution >= 0.6 is 12.2 Å². The molecule has 4 heteroatoms. The maximum absolute atomic E-state index is 5.16. The summed E-state index contributed by atoms with van der Waals surface area (Å²) in [6.45, 7) is 2.81. The molecule has 0 fully saturated rings. The summed E-state index contributed by atoms with van der Waals surface area (Å²) in [5.74, 6) is 0. The van der Waals surface area contributed by atoms with Crippen molar-refractivity contribution in [2.24, 2.45) is 0 Å². The predicted octanol–water partition coefficient (Wildman–Crippen LogP) is 2.30. The molecule has 0 saturated heterocycles. The van der Waals surface area contributed by atoms with Gasteiger partial charge in [-0.3, -0.25) is 4.98 Å². The minimum atomic E-state index is 0.756. The highest BCUT2D eigenvalue weighted by molar-refractivity contribution is 7.71. The average molecular weight is 205 g/mol. The number of aromatic nitrogens is 3. The van der Waals surface area contributed by atoms with Crippen LogP contribution in [0.2, 0.25) is 0 Å². The van der Waals surface area contributed by atoms with Crippen molar-refractivity contribution in [3.8, 4) is 0 Å². The third-order valence-electron chi connectivity index (χ3n) is 2.14. The van der Waals surface area contributed by atoms with Crippen molar-refractivity contribution in [2.45, 2.75) is 13.5 Å². The van der Waals surface area contributed by atoms with Crippen molar-refractivity contribution in [2.75, 3.05) is 0 Å². The van der Waals surface area contributed by atoms with Crippen molar-refractivity contribution >= 4 is 12.2 Å². The molecule has 3 nitrogen and oxygen atoms in total. The quantitative estimate of drug-likeness (QED) is 0.763. The van der Waals surface area contributed by atoms with Gasteiger partial charge in [-0.05, 0) is 30.8 Å². The van der Waals surface area contributed by atoms with Gasteiger partial charge in [-0.1, -0.05) is 6.07 Å². The standard InChI is InChI=1S/C10H11N3S/c1-8-5-12-10(14)13(8)7-9-3-2-4-11-6-9/h2-6H,7H2,1H3,(H,12,14). The molecule has 2 heterocycles. The fourth-order valence-electron chi connectivity index (χ4n) is 1.35. The zero-order chi connectivity index (χ0) is 9.97. The lowest BCUT2D eigenvalue weighted by atomic mass is 10.3. The number of pyridine rings is 1. The molecule has 0 spiro atoms. The summed E-state index contributed by atoms with van der Waals surface area (Å²) in [7, 11) is 0. The first kappa shape index (κ1) is 9.15. The molecule has 2 aromatic heterocycles. The van der Waals surface area contributed by atoms with Crippen LogP contribution < -0.4 is 0 Å². The minimum Gasteiger partial charge on any atom is -0.337 e. The second-order valence-electron chi connectivity index (χ2n) is 3.18. The largest absolute Gasteiger partial charge is 0.337 e. The lowest BCUT2D eigenvalue weighted by molar-refractivity contribution is 0.755. The van der Waals surface area contributed by atoms with E-state index in [1.54, 1.807) is 6.20 Å². The van der Waals surface area contributed by atoms with E-state index in [9.17, 15) is 0 Å². The van der Waals surface area contributed by atoms with Crippen molar-refractivity contribution < 1.29 is 0 Å². The van der Waals surface area contributed by atoms with Gasteiger partial charge in [0, 0.05) is 24.3 Å². The van der Waals surface area contributed by atoms with Gasteiger partial charge in [0.1, 0.15) is 0 Å². The lowest BCUT2D eigenvalue weighted by Crippen LogP contribution is -2.01. The van der Waals surface area contributed by atoms with Gasteiger partial charge in [-0.2, -0.15) is 0 Å². The van der Waals surface area contributed by atoms with Gasteiger partial charge in [-0.15, -0.1) is 0 Å². The molecule has 1 N–H and O–H groups in total. The van der Waals surface area contributed by atoms with Gasteiger partial charge in [-0.25, -0.2) is 0 Å². The molecule has 2 rings (SSSR count). The molecule has 0 atom stereocenters. The van der Waals surface area contributed by atoms with Crippen LogP contribution in [0.3, 0.4) is 0 Å². The summed E-state index contributed by atoms with van der Waals surface area (Å²) in [5, 5.41) is 0. The van der Waals surface area contributed by atoms with E-state index in [-0.39, 0.29) is 0 Å². The van der Waals surface area contributed by atoms with Crippen LogP contribution in [0.1, 0.15) is 11.3 Å². The minimum absolute atomic E-state index is 0.756. The highest BCUT2D eigenvalue weighted by atomic mass is 32.1. The molecule has 0 bridgehead atoms. The number of imidazole rings is 1. The first-order valence-electron chi connectivity index (χ1n) is 4.41. The molecule has 72 valence electrons. The summed E-state index contributed by atoms with van der Waals surface area (Å²) in [6.07, 6.45) is 5.54. The second-order valence-corrected chi connectivity index (χ2v) is 3.57. The zero-order valence-corrected chi connectivity index (χ0v) is 8.71. The first-order chi connectivity index (χ1) is 6.77. The monoisotopic (exact) mass is 205 g/mol. The normalized spacial score (nSPS) is 10.4. The van der Waals surface area contributed by atoms with Crippen LogP contribution in [-0.4, -0.2) is 14.5 Å². The highest BCUT2D eigenvalue weighted by Gasteiger charge is 1.99. The number of aryl methyl sites for hydroxylation is 1. The van der Waals surface area contributed by atoms with E-state index in [0.717, 1.165) is 22.6 Å². The Hall–Kier alpha value is -1.42. The Kier molecular flexibility index (Phi) is 2.45. The molecule has 2 aromatic rings. The van der Waals surface area contributed by atoms with Crippen LogP contribution in [0.4, 0.5) is 0 Å². The van der Waals surface area contributed by atoms with Crippen LogP contribution in [0.25, 0.3) is 0 Å². The molecule has 0 aliphatic carbocycles. The van der Waals surface area contributed by atoms with Crippen LogP contribution in [0.5, 0.6) is 0 Å². The van der Waals surface area contributed by atoms with E-state index in [0.29, 0.717) is 0 Å². The molecule has 0 aromatic carbocycles. The van der Waals surface area contributed by atoms with E-state index in [4.69, 9.17) is 12.2 Å². The summed E-state index contributed by atoms with van der Waals surface area (Å²) in [6, 6.07) is 3.97. The molecule has 0 amide bonds. The SMILES string of the molecule is Cc1c[nH]c(=S)n1Cc1cccnc1. The van der Waals surface area contributed by atoms with Gasteiger partial charge < -0.3 is 9.55 Å². The smallest absolute Gasteiger partial charge is 0.177 e. The molecule has 14 heavy (non-hydrogen) atoms. The summed E-state index contributed by atoms with van der Waals surface area (Å²) in [4.78, 5) is 7.08. The number of hydrogen-bond donors (Lipinski definition) is 1. The maximum Gasteiger partial charge on any atom is 0.177 e. The Morgan fingerprint density at radius 1 is 1.57 bits per heavy atom. The Bertz CT molecular complexity index is 470. The number of hydrogen-bond acceptors (Lipinski definition) is 2. The molecule has 0 aliphatic heterocycles. The maximum atomic E-state index is 5.16. The fourth-order valence-corrected chi connectivity index (χ4v) is 1.62. The summed E-state index contributed by atoms with van der Waals surface area (Å²) < 4.78 is 2.80. The number of nitrogens with zero attached hydrogens (tertiary/aromatic N) is 2. The van der Waals surface area contributed by atoms with E-state index in [1.165, 1.54) is 0 Å². The lowest BCUT2D eigenvalue weighted by Gasteiger charge is -2.04. The van der Waals surface area contributed by atoms with Gasteiger partial charge in [0.15, 0.2) is 4.77 Å². The van der Waals surface area contributed by atoms with Crippen LogP contribution in [0, 0.1) is 11.7 Å². The number of aromatic amines is 1. The van der Waals surface area contributed by atoms with Gasteiger partial charge in [0.2, 0.25) is 0 Å². The van der Waals surface area contributed by atoms with Gasteiger partial charge in [0.05, 0.1) is 6.54 Å². The highest BCUT2D eigenvalue weighted by Crippen LogP contribution is 2.05. The molecule has 0 radical (unpaired) electrons. The number of rotatable bonds is 2. The van der Waals surface area contributed by atoms with Crippen molar-refractivity contribution in [1.29, 1.82) is 0 Å². The predicted molar refractivity (Wildman–Crippen MR) is 57.7 cm³/mol. The van der Waals surface area contributed by atoms with Crippen LogP contribution in [0.15, 0.2) is 30.7 Å². The Labute approximate surface area is 87.4 Å². The van der Waals surface area contributed by atoms with Crippen molar-refractivity contribution in [3.63, 3.8) is 0 Å². The van der Waals surface area contributed by atoms with E-state index in [2.05, 4.69) is 9.97 Å². The fraction of sp³-hybridized carbons (Fsp3) is 0.200. The number of H-pyrrole nitrogens is 1. The topological polar surface area (TPSA) is 33.6 Å². The third-order valence-corrected chi connectivity index (χ3v) is 2.48. The molecule has 0 aliphatic rings. The number of nitrogens with one attached hydrogen (secondary N) is 1. The second kappa shape index (κ2) is 3.75. The first-order valence-corrected chi connectivity index (χ1v) is 4.82. The summed E-state index contributed by atoms with van der Waals surface area (Å²) in [5.41, 5.74) is 2.30. The Balaban J connectivity index is 2.32. The van der Waals surface area contributed by atoms with Crippen LogP contribution in [-0.2, 0) is 6.54 Å². The van der Waals surface area contributed by atoms with E-state index in [1.807, 2.05) is 36.0 Å². The van der Waals surface area contributed by atoms with Gasteiger partial charge in [0.25, 0.3) is 0 Å². The van der Waals surface area contributed by atoms with Crippen molar-refractivity contribution in [1.82, 2.24) is 14.5 Å². The van der Waals surface area contributed by atoms with E-state index < -0.39 is 0 Å². The molecule has 0 unspecified atom stereocenters. The molecule has 0 saturated carbocycles. The molecular formula is C10H11N3S. The van der Waals surface area contributed by atoms with Gasteiger partial charge >= 0.3 is 0 Å². The molecular weight excluding hydrogens is 194 g/mol. The third kappa shape index (κ3) is 1.75. The van der Waals surface area contributed by atoms with E-state index >= 15 is 0 Å².